The molecular formula is C19H16F3NO. The molecule has 1 amide bonds. The summed E-state index contributed by atoms with van der Waals surface area (Å²) in [6, 6.07) is 9.34. The summed E-state index contributed by atoms with van der Waals surface area (Å²) in [6.07, 6.45) is -1.25. The Hall–Kier alpha value is -2.30. The van der Waals surface area contributed by atoms with Gasteiger partial charge in [-0.1, -0.05) is 30.3 Å². The molecule has 1 N–H and O–H groups in total. The lowest BCUT2D eigenvalue weighted by Crippen LogP contribution is -2.25. The van der Waals surface area contributed by atoms with Crippen LogP contribution in [0.4, 0.5) is 18.9 Å². The maximum Gasteiger partial charge on any atom is 0.416 e. The van der Waals surface area contributed by atoms with Crippen LogP contribution in [0.25, 0.3) is 0 Å². The molecule has 1 heterocycles. The molecule has 0 saturated heterocycles. The van der Waals surface area contributed by atoms with Gasteiger partial charge in [0.25, 0.3) is 0 Å². The van der Waals surface area contributed by atoms with Crippen LogP contribution in [0.2, 0.25) is 0 Å². The highest BCUT2D eigenvalue weighted by atomic mass is 19.4. The molecule has 24 heavy (non-hydrogen) atoms. The highest BCUT2D eigenvalue weighted by Crippen LogP contribution is 2.43. The number of hydrogen-bond donors (Lipinski definition) is 1. The van der Waals surface area contributed by atoms with E-state index in [1.807, 2.05) is 6.07 Å². The Bertz CT molecular complexity index is 826. The first-order chi connectivity index (χ1) is 11.4. The van der Waals surface area contributed by atoms with Crippen molar-refractivity contribution in [3.05, 3.63) is 64.2 Å². The van der Waals surface area contributed by atoms with Crippen LogP contribution in [0, 0.1) is 0 Å². The third-order valence-electron chi connectivity index (χ3n) is 4.96. The zero-order valence-corrected chi connectivity index (χ0v) is 12.9. The van der Waals surface area contributed by atoms with E-state index in [-0.39, 0.29) is 18.2 Å². The van der Waals surface area contributed by atoms with E-state index in [4.69, 9.17) is 0 Å². The summed E-state index contributed by atoms with van der Waals surface area (Å²) >= 11 is 0. The third kappa shape index (κ3) is 2.48. The van der Waals surface area contributed by atoms with E-state index in [1.54, 1.807) is 6.07 Å². The zero-order valence-electron chi connectivity index (χ0n) is 12.9. The number of hydrogen-bond acceptors (Lipinski definition) is 1. The first kappa shape index (κ1) is 15.2. The van der Waals surface area contributed by atoms with Crippen molar-refractivity contribution in [3.63, 3.8) is 0 Å². The number of rotatable bonds is 1. The van der Waals surface area contributed by atoms with E-state index in [0.717, 1.165) is 42.1 Å². The summed E-state index contributed by atoms with van der Waals surface area (Å²) in [5.74, 6) is -0.466. The van der Waals surface area contributed by atoms with Crippen LogP contribution in [0.3, 0.4) is 0 Å². The number of carbonyl (C=O) groups is 1. The van der Waals surface area contributed by atoms with Crippen molar-refractivity contribution in [2.24, 2.45) is 0 Å². The molecule has 1 atom stereocenters. The number of benzene rings is 2. The van der Waals surface area contributed by atoms with Gasteiger partial charge in [-0.3, -0.25) is 4.79 Å². The maximum atomic E-state index is 13.0. The van der Waals surface area contributed by atoms with Crippen molar-refractivity contribution in [3.8, 4) is 0 Å². The SMILES string of the molecule is O=C1CC(c2cccc(C(F)(F)F)c2)c2ccc3c(c2N1)CCC3. The number of carbonyl (C=O) groups excluding carboxylic acids is 1. The fraction of sp³-hybridized carbons (Fsp3) is 0.316. The molecule has 2 nitrogen and oxygen atoms in total. The van der Waals surface area contributed by atoms with Crippen molar-refractivity contribution in [1.29, 1.82) is 0 Å². The fourth-order valence-electron chi connectivity index (χ4n) is 3.84. The molecule has 1 aliphatic carbocycles. The molecule has 4 rings (SSSR count). The van der Waals surface area contributed by atoms with E-state index in [1.165, 1.54) is 17.7 Å². The molecule has 1 aliphatic heterocycles. The molecule has 2 aromatic rings. The number of halogens is 3. The molecule has 0 aromatic heterocycles. The Balaban J connectivity index is 1.83. The summed E-state index contributed by atoms with van der Waals surface area (Å²) in [6.45, 7) is 0. The predicted octanol–water partition coefficient (Wildman–Crippen LogP) is 4.67. The first-order valence-corrected chi connectivity index (χ1v) is 8.05. The average molecular weight is 331 g/mol. The Kier molecular flexibility index (Phi) is 3.41. The van der Waals surface area contributed by atoms with Crippen LogP contribution in [0.15, 0.2) is 36.4 Å². The van der Waals surface area contributed by atoms with Crippen LogP contribution < -0.4 is 5.32 Å². The monoisotopic (exact) mass is 331 g/mol. The largest absolute Gasteiger partial charge is 0.416 e. The highest BCUT2D eigenvalue weighted by Gasteiger charge is 2.34. The van der Waals surface area contributed by atoms with Crippen LogP contribution in [0.5, 0.6) is 0 Å². The van der Waals surface area contributed by atoms with Gasteiger partial charge in [0.2, 0.25) is 5.91 Å². The molecule has 5 heteroatoms. The quantitative estimate of drug-likeness (QED) is 0.808. The maximum absolute atomic E-state index is 13.0. The Labute approximate surface area is 137 Å². The van der Waals surface area contributed by atoms with E-state index >= 15 is 0 Å². The average Bonchev–Trinajstić information content (AvgIpc) is 3.02. The van der Waals surface area contributed by atoms with Crippen molar-refractivity contribution >= 4 is 11.6 Å². The number of amides is 1. The van der Waals surface area contributed by atoms with Gasteiger partial charge in [0.05, 0.1) is 5.56 Å². The molecule has 2 aromatic carbocycles. The minimum atomic E-state index is -4.38. The second-order valence-corrected chi connectivity index (χ2v) is 6.45. The van der Waals surface area contributed by atoms with Gasteiger partial charge in [-0.15, -0.1) is 0 Å². The molecule has 0 saturated carbocycles. The predicted molar refractivity (Wildman–Crippen MR) is 85.0 cm³/mol. The second-order valence-electron chi connectivity index (χ2n) is 6.45. The van der Waals surface area contributed by atoms with Gasteiger partial charge in [-0.05, 0) is 47.6 Å². The molecule has 0 spiro atoms. The van der Waals surface area contributed by atoms with Crippen LogP contribution in [-0.2, 0) is 23.8 Å². The summed E-state index contributed by atoms with van der Waals surface area (Å²) in [5.41, 5.74) is 4.00. The number of nitrogens with one attached hydrogen (secondary N) is 1. The lowest BCUT2D eigenvalue weighted by atomic mass is 9.82. The smallest absolute Gasteiger partial charge is 0.326 e. The summed E-state index contributed by atoms with van der Waals surface area (Å²) in [4.78, 5) is 12.2. The number of aryl methyl sites for hydroxylation is 1. The van der Waals surface area contributed by atoms with Gasteiger partial charge in [0.15, 0.2) is 0 Å². The number of anilines is 1. The standard InChI is InChI=1S/C19H16F3NO/c20-19(21,22)13-5-1-4-12(9-13)16-10-17(24)23-18-14-6-2-3-11(14)7-8-15(16)18/h1,4-5,7-9,16H,2-3,6,10H2,(H,23,24). The van der Waals surface area contributed by atoms with Gasteiger partial charge in [0.1, 0.15) is 0 Å². The van der Waals surface area contributed by atoms with Gasteiger partial charge in [-0.25, -0.2) is 0 Å². The molecule has 2 aliphatic rings. The summed E-state index contributed by atoms with van der Waals surface area (Å²) in [5, 5.41) is 2.94. The van der Waals surface area contributed by atoms with Gasteiger partial charge >= 0.3 is 6.18 Å². The van der Waals surface area contributed by atoms with E-state index in [2.05, 4.69) is 11.4 Å². The van der Waals surface area contributed by atoms with Crippen molar-refractivity contribution in [2.75, 3.05) is 5.32 Å². The third-order valence-corrected chi connectivity index (χ3v) is 4.96. The Morgan fingerprint density at radius 1 is 1.08 bits per heavy atom. The number of alkyl halides is 3. The van der Waals surface area contributed by atoms with Crippen LogP contribution in [0.1, 0.15) is 46.6 Å². The zero-order chi connectivity index (χ0) is 16.9. The minimum Gasteiger partial charge on any atom is -0.326 e. The minimum absolute atomic E-state index is 0.134. The van der Waals surface area contributed by atoms with Crippen LogP contribution in [-0.4, -0.2) is 5.91 Å². The topological polar surface area (TPSA) is 29.1 Å². The van der Waals surface area contributed by atoms with Crippen molar-refractivity contribution in [1.82, 2.24) is 0 Å². The normalized spacial score (nSPS) is 19.6. The highest BCUT2D eigenvalue weighted by molar-refractivity contribution is 5.96. The van der Waals surface area contributed by atoms with E-state index in [0.29, 0.717) is 5.56 Å². The Morgan fingerprint density at radius 2 is 1.92 bits per heavy atom. The van der Waals surface area contributed by atoms with Gasteiger partial charge < -0.3 is 5.32 Å². The van der Waals surface area contributed by atoms with Crippen LogP contribution >= 0.6 is 0 Å². The summed E-state index contributed by atoms with van der Waals surface area (Å²) in [7, 11) is 0. The molecular weight excluding hydrogens is 315 g/mol. The van der Waals surface area contributed by atoms with Gasteiger partial charge in [0, 0.05) is 18.0 Å². The molecule has 0 radical (unpaired) electrons. The van der Waals surface area contributed by atoms with E-state index in [9.17, 15) is 18.0 Å². The Morgan fingerprint density at radius 3 is 2.71 bits per heavy atom. The van der Waals surface area contributed by atoms with Crippen molar-refractivity contribution in [2.45, 2.75) is 37.8 Å². The molecule has 1 unspecified atom stereocenters. The number of fused-ring (bicyclic) bond motifs is 3. The lowest BCUT2D eigenvalue weighted by Gasteiger charge is -2.28. The molecule has 0 bridgehead atoms. The van der Waals surface area contributed by atoms with E-state index < -0.39 is 11.7 Å². The van der Waals surface area contributed by atoms with Crippen molar-refractivity contribution < 1.29 is 18.0 Å². The molecule has 0 fully saturated rings. The molecule has 124 valence electrons. The lowest BCUT2D eigenvalue weighted by molar-refractivity contribution is -0.137. The fourth-order valence-corrected chi connectivity index (χ4v) is 3.84. The van der Waals surface area contributed by atoms with Gasteiger partial charge in [-0.2, -0.15) is 13.2 Å². The first-order valence-electron chi connectivity index (χ1n) is 8.05. The summed E-state index contributed by atoms with van der Waals surface area (Å²) < 4.78 is 39.0. The second kappa shape index (κ2) is 5.36.